The molecule has 116 valence electrons. The van der Waals surface area contributed by atoms with Gasteiger partial charge in [-0.15, -0.1) is 0 Å². The van der Waals surface area contributed by atoms with Crippen LogP contribution in [0.3, 0.4) is 0 Å². The molecule has 0 radical (unpaired) electrons. The number of nitrogens with one attached hydrogen (secondary N) is 2. The number of ether oxygens (including phenoxy) is 2. The minimum absolute atomic E-state index is 0.481. The molecule has 0 amide bonds. The molecule has 0 aromatic heterocycles. The van der Waals surface area contributed by atoms with Crippen molar-refractivity contribution in [2.75, 3.05) is 40.0 Å². The van der Waals surface area contributed by atoms with Crippen LogP contribution in [0.25, 0.3) is 0 Å². The number of unbranched alkanes of at least 4 members (excludes halogenated alkanes) is 1. The summed E-state index contributed by atoms with van der Waals surface area (Å²) in [5, 5.41) is 6.64. The molecular weight excluding hydrogens is 254 g/mol. The van der Waals surface area contributed by atoms with E-state index < -0.39 is 0 Å². The predicted octanol–water partition coefficient (Wildman–Crippen LogP) is 1.70. The van der Waals surface area contributed by atoms with Crippen LogP contribution in [0.1, 0.15) is 32.6 Å². The summed E-state index contributed by atoms with van der Waals surface area (Å²) in [5.74, 6) is 0.849. The Labute approximate surface area is 122 Å². The molecule has 5 heteroatoms. The monoisotopic (exact) mass is 283 g/mol. The van der Waals surface area contributed by atoms with Gasteiger partial charge in [-0.3, -0.25) is 4.99 Å². The molecule has 0 fully saturated rings. The lowest BCUT2D eigenvalue weighted by atomic mass is 10.2. The molecule has 0 unspecified atom stereocenters. The number of nitrogens with zero attached hydrogens (tertiary/aromatic N) is 1. The van der Waals surface area contributed by atoms with Crippen LogP contribution in [-0.4, -0.2) is 52.0 Å². The third kappa shape index (κ3) is 8.17. The molecule has 1 rings (SSSR count). The SMILES string of the molecule is CCCCOCCOCCNC(=NC)NC1CC=CC1. The third-order valence-corrected chi connectivity index (χ3v) is 3.13. The molecule has 1 aliphatic rings. The predicted molar refractivity (Wildman–Crippen MR) is 83.2 cm³/mol. The summed E-state index contributed by atoms with van der Waals surface area (Å²) in [4.78, 5) is 4.21. The first kappa shape index (κ1) is 17.0. The van der Waals surface area contributed by atoms with Crippen molar-refractivity contribution in [1.29, 1.82) is 0 Å². The van der Waals surface area contributed by atoms with Crippen molar-refractivity contribution in [1.82, 2.24) is 10.6 Å². The van der Waals surface area contributed by atoms with Gasteiger partial charge < -0.3 is 20.1 Å². The molecule has 5 nitrogen and oxygen atoms in total. The van der Waals surface area contributed by atoms with E-state index in [0.717, 1.165) is 38.4 Å². The highest BCUT2D eigenvalue weighted by Gasteiger charge is 2.10. The van der Waals surface area contributed by atoms with Crippen molar-refractivity contribution >= 4 is 5.96 Å². The molecule has 0 aromatic carbocycles. The lowest BCUT2D eigenvalue weighted by Crippen LogP contribution is -2.43. The van der Waals surface area contributed by atoms with Gasteiger partial charge in [-0.05, 0) is 19.3 Å². The summed E-state index contributed by atoms with van der Waals surface area (Å²) in [6.45, 7) is 5.76. The summed E-state index contributed by atoms with van der Waals surface area (Å²) < 4.78 is 10.9. The molecule has 0 saturated carbocycles. The zero-order valence-corrected chi connectivity index (χ0v) is 12.9. The average molecular weight is 283 g/mol. The van der Waals surface area contributed by atoms with Crippen LogP contribution in [0.4, 0.5) is 0 Å². The second kappa shape index (κ2) is 11.7. The van der Waals surface area contributed by atoms with Gasteiger partial charge in [-0.1, -0.05) is 25.5 Å². The molecule has 0 aliphatic heterocycles. The van der Waals surface area contributed by atoms with Crippen LogP contribution in [0.5, 0.6) is 0 Å². The number of aliphatic imine (C=N–C) groups is 1. The molecule has 2 N–H and O–H groups in total. The van der Waals surface area contributed by atoms with E-state index in [2.05, 4.69) is 34.7 Å². The minimum Gasteiger partial charge on any atom is -0.379 e. The van der Waals surface area contributed by atoms with Gasteiger partial charge in [0.05, 0.1) is 19.8 Å². The zero-order valence-electron chi connectivity index (χ0n) is 12.9. The standard InChI is InChI=1S/C15H29N3O2/c1-3-4-10-19-12-13-20-11-9-17-15(16-2)18-14-7-5-6-8-14/h5-6,14H,3-4,7-13H2,1-2H3,(H2,16,17,18). The van der Waals surface area contributed by atoms with Crippen molar-refractivity contribution in [2.45, 2.75) is 38.6 Å². The van der Waals surface area contributed by atoms with Gasteiger partial charge in [0.1, 0.15) is 0 Å². The Morgan fingerprint density at radius 2 is 1.85 bits per heavy atom. The maximum absolute atomic E-state index is 5.50. The Balaban J connectivity index is 1.91. The first-order valence-corrected chi connectivity index (χ1v) is 7.64. The van der Waals surface area contributed by atoms with Crippen LogP contribution in [0, 0.1) is 0 Å². The lowest BCUT2D eigenvalue weighted by Gasteiger charge is -2.16. The van der Waals surface area contributed by atoms with Crippen molar-refractivity contribution in [3.63, 3.8) is 0 Å². The quantitative estimate of drug-likeness (QED) is 0.277. The van der Waals surface area contributed by atoms with E-state index in [0.29, 0.717) is 25.9 Å². The first-order valence-electron chi connectivity index (χ1n) is 7.64. The Morgan fingerprint density at radius 1 is 1.15 bits per heavy atom. The largest absolute Gasteiger partial charge is 0.379 e. The first-order chi connectivity index (χ1) is 9.86. The van der Waals surface area contributed by atoms with Crippen LogP contribution in [-0.2, 0) is 9.47 Å². The molecule has 0 spiro atoms. The van der Waals surface area contributed by atoms with E-state index in [1.54, 1.807) is 7.05 Å². The van der Waals surface area contributed by atoms with Gasteiger partial charge in [0.25, 0.3) is 0 Å². The molecule has 1 aliphatic carbocycles. The van der Waals surface area contributed by atoms with E-state index in [9.17, 15) is 0 Å². The highest BCUT2D eigenvalue weighted by molar-refractivity contribution is 5.80. The number of hydrogen-bond acceptors (Lipinski definition) is 3. The van der Waals surface area contributed by atoms with Gasteiger partial charge in [0.15, 0.2) is 5.96 Å². The van der Waals surface area contributed by atoms with E-state index in [4.69, 9.17) is 9.47 Å². The molecule has 0 heterocycles. The molecule has 0 aromatic rings. The van der Waals surface area contributed by atoms with Gasteiger partial charge in [-0.2, -0.15) is 0 Å². The van der Waals surface area contributed by atoms with Gasteiger partial charge >= 0.3 is 0 Å². The van der Waals surface area contributed by atoms with E-state index in [1.165, 1.54) is 6.42 Å². The van der Waals surface area contributed by atoms with Gasteiger partial charge in [0.2, 0.25) is 0 Å². The summed E-state index contributed by atoms with van der Waals surface area (Å²) in [5.41, 5.74) is 0. The fraction of sp³-hybridized carbons (Fsp3) is 0.800. The third-order valence-electron chi connectivity index (χ3n) is 3.13. The van der Waals surface area contributed by atoms with Gasteiger partial charge in [-0.25, -0.2) is 0 Å². The molecule has 0 saturated heterocycles. The highest BCUT2D eigenvalue weighted by Crippen LogP contribution is 2.08. The lowest BCUT2D eigenvalue weighted by molar-refractivity contribution is 0.0487. The minimum atomic E-state index is 0.481. The Morgan fingerprint density at radius 3 is 2.50 bits per heavy atom. The molecule has 0 atom stereocenters. The Hall–Kier alpha value is -1.07. The van der Waals surface area contributed by atoms with E-state index in [1.807, 2.05) is 0 Å². The Bertz CT molecular complexity index is 285. The van der Waals surface area contributed by atoms with Crippen molar-refractivity contribution in [3.8, 4) is 0 Å². The van der Waals surface area contributed by atoms with Crippen LogP contribution >= 0.6 is 0 Å². The maximum atomic E-state index is 5.50. The topological polar surface area (TPSA) is 54.9 Å². The fourth-order valence-electron chi connectivity index (χ4n) is 1.93. The van der Waals surface area contributed by atoms with Crippen LogP contribution in [0.2, 0.25) is 0 Å². The smallest absolute Gasteiger partial charge is 0.191 e. The van der Waals surface area contributed by atoms with Crippen molar-refractivity contribution < 1.29 is 9.47 Å². The normalized spacial score (nSPS) is 15.8. The second-order valence-electron chi connectivity index (χ2n) is 4.86. The van der Waals surface area contributed by atoms with Crippen LogP contribution < -0.4 is 10.6 Å². The van der Waals surface area contributed by atoms with E-state index >= 15 is 0 Å². The molecule has 0 bridgehead atoms. The van der Waals surface area contributed by atoms with Gasteiger partial charge in [0, 0.05) is 26.2 Å². The highest BCUT2D eigenvalue weighted by atomic mass is 16.5. The number of rotatable bonds is 10. The van der Waals surface area contributed by atoms with Crippen molar-refractivity contribution in [3.05, 3.63) is 12.2 Å². The maximum Gasteiger partial charge on any atom is 0.191 e. The summed E-state index contributed by atoms with van der Waals surface area (Å²) in [6.07, 6.45) is 8.85. The molecular formula is C15H29N3O2. The summed E-state index contributed by atoms with van der Waals surface area (Å²) in [7, 11) is 1.79. The van der Waals surface area contributed by atoms with Crippen molar-refractivity contribution in [2.24, 2.45) is 4.99 Å². The second-order valence-corrected chi connectivity index (χ2v) is 4.86. The van der Waals surface area contributed by atoms with E-state index in [-0.39, 0.29) is 0 Å². The number of guanidine groups is 1. The summed E-state index contributed by atoms with van der Waals surface area (Å²) >= 11 is 0. The number of hydrogen-bond donors (Lipinski definition) is 2. The fourth-order valence-corrected chi connectivity index (χ4v) is 1.93. The summed E-state index contributed by atoms with van der Waals surface area (Å²) in [6, 6.07) is 0.481. The average Bonchev–Trinajstić information content (AvgIpc) is 2.97. The zero-order chi connectivity index (χ0) is 14.5. The Kier molecular flexibility index (Phi) is 9.96. The molecule has 20 heavy (non-hydrogen) atoms. The van der Waals surface area contributed by atoms with Crippen LogP contribution in [0.15, 0.2) is 17.1 Å².